The van der Waals surface area contributed by atoms with E-state index in [0.29, 0.717) is 38.5 Å². The van der Waals surface area contributed by atoms with Crippen molar-refractivity contribution in [3.63, 3.8) is 0 Å². The maximum absolute atomic E-state index is 14.1. The molecular formula is C38H60O18. The lowest BCUT2D eigenvalue weighted by molar-refractivity contribution is -0.368. The van der Waals surface area contributed by atoms with Crippen LogP contribution in [-0.4, -0.2) is 180 Å². The van der Waals surface area contributed by atoms with Gasteiger partial charge in [-0.3, -0.25) is 4.79 Å². The fourth-order valence-electron chi connectivity index (χ4n) is 12.0. The number of aliphatic hydroxyl groups is 11. The van der Waals surface area contributed by atoms with Gasteiger partial charge in [0.1, 0.15) is 73.2 Å². The molecule has 0 aromatic carbocycles. The molecule has 6 unspecified atom stereocenters. The molecule has 3 aliphatic heterocycles. The van der Waals surface area contributed by atoms with Gasteiger partial charge in [-0.25, -0.2) is 0 Å². The van der Waals surface area contributed by atoms with Gasteiger partial charge in [-0.1, -0.05) is 19.9 Å². The van der Waals surface area contributed by atoms with Crippen LogP contribution in [-0.2, 0) is 33.2 Å². The van der Waals surface area contributed by atoms with E-state index in [2.05, 4.69) is 13.5 Å². The van der Waals surface area contributed by atoms with Crippen molar-refractivity contribution < 1.29 is 89.4 Å². The van der Waals surface area contributed by atoms with Crippen LogP contribution in [0.2, 0.25) is 0 Å². The molecule has 7 fully saturated rings. The molecule has 7 rings (SSSR count). The van der Waals surface area contributed by atoms with E-state index >= 15 is 0 Å². The zero-order valence-electron chi connectivity index (χ0n) is 31.8. The minimum absolute atomic E-state index is 0.108. The number of aliphatic hydroxyl groups excluding tert-OH is 11. The first kappa shape index (κ1) is 42.7. The summed E-state index contributed by atoms with van der Waals surface area (Å²) in [6.45, 7) is 6.50. The summed E-state index contributed by atoms with van der Waals surface area (Å²) in [5.41, 5.74) is -1.66. The Labute approximate surface area is 324 Å². The summed E-state index contributed by atoms with van der Waals surface area (Å²) < 4.78 is 35.1. The SMILES string of the molecule is C=C1C[C@@]23CC[C@H]4[C@@](C)(CCC[C@@]4(C)C(=O)O[C@@H]4OC(CO)[C@@H](O)[C@H](O)C4O)[C@@H]2CC[C@]1(O[C@@H]1OC(CO)[C@@H](O[C@@H]2OC(CO)[C@@H](O)[C@H](O)C2O)[C@H](O)C1O)C3. The molecule has 7 aliphatic rings. The van der Waals surface area contributed by atoms with E-state index in [9.17, 15) is 61.0 Å². The predicted molar refractivity (Wildman–Crippen MR) is 186 cm³/mol. The van der Waals surface area contributed by atoms with Crippen LogP contribution in [0.4, 0.5) is 0 Å². The van der Waals surface area contributed by atoms with Gasteiger partial charge in [-0.2, -0.15) is 0 Å². The smallest absolute Gasteiger partial charge is 0.314 e. The van der Waals surface area contributed by atoms with Gasteiger partial charge in [-0.05, 0) is 86.5 Å². The second-order valence-corrected chi connectivity index (χ2v) is 18.0. The fourth-order valence-corrected chi connectivity index (χ4v) is 12.0. The van der Waals surface area contributed by atoms with Crippen LogP contribution in [0.25, 0.3) is 0 Å². The Kier molecular flexibility index (Phi) is 11.9. The maximum atomic E-state index is 14.1. The average Bonchev–Trinajstić information content (AvgIpc) is 3.37. The Bertz CT molecular complexity index is 1450. The molecule has 4 aliphatic carbocycles. The third kappa shape index (κ3) is 6.69. The van der Waals surface area contributed by atoms with Crippen molar-refractivity contribution in [3.05, 3.63) is 12.2 Å². The van der Waals surface area contributed by atoms with Crippen molar-refractivity contribution in [2.24, 2.45) is 28.1 Å². The topological polar surface area (TPSA) is 295 Å². The molecule has 2 bridgehead atoms. The lowest BCUT2D eigenvalue weighted by Crippen LogP contribution is -2.65. The quantitative estimate of drug-likeness (QED) is 0.0631. The Balaban J connectivity index is 1.05. The third-order valence-corrected chi connectivity index (χ3v) is 15.0. The molecule has 11 N–H and O–H groups in total. The molecule has 0 amide bonds. The summed E-state index contributed by atoms with van der Waals surface area (Å²) in [5, 5.41) is 114. The van der Waals surface area contributed by atoms with Crippen molar-refractivity contribution in [2.45, 2.75) is 169 Å². The summed E-state index contributed by atoms with van der Waals surface area (Å²) in [6.07, 6.45) is -17.5. The number of esters is 1. The standard InChI is InChI=1S/C38H60O18/c1-16-11-37-9-5-20-35(2,7-4-8-36(20,3)34(50)55-32-28(48)25(45)23(43)18(13-40)52-32)21(37)6-10-38(16,15-37)56-33-29(49)26(46)30(19(14-41)53-33)54-31-27(47)24(44)22(42)17(12-39)51-31/h17-33,39-49H,1,4-15H2,2-3H3/t17?,18?,19?,20-,21-,22+,23+,24-,25-,26+,27?,28?,29?,30+,31-,32-,33-,35+,36+,37+,38-/m0/s1. The van der Waals surface area contributed by atoms with Gasteiger partial charge < -0.3 is 84.6 Å². The fraction of sp³-hybridized carbons (Fsp3) is 0.921. The minimum atomic E-state index is -1.79. The first-order valence-electron chi connectivity index (χ1n) is 19.9. The number of hydrogen-bond donors (Lipinski definition) is 11. The maximum Gasteiger partial charge on any atom is 0.314 e. The molecule has 18 heteroatoms. The first-order chi connectivity index (χ1) is 26.4. The molecule has 0 aromatic heterocycles. The van der Waals surface area contributed by atoms with Gasteiger partial charge in [0.05, 0.1) is 30.8 Å². The molecule has 320 valence electrons. The monoisotopic (exact) mass is 804 g/mol. The van der Waals surface area contributed by atoms with E-state index in [4.69, 9.17) is 28.4 Å². The van der Waals surface area contributed by atoms with Gasteiger partial charge >= 0.3 is 5.97 Å². The summed E-state index contributed by atoms with van der Waals surface area (Å²) in [7, 11) is 0. The highest BCUT2D eigenvalue weighted by molar-refractivity contribution is 5.77. The highest BCUT2D eigenvalue weighted by atomic mass is 16.7. The zero-order chi connectivity index (χ0) is 40.7. The minimum Gasteiger partial charge on any atom is -0.432 e. The third-order valence-electron chi connectivity index (χ3n) is 15.0. The number of hydrogen-bond acceptors (Lipinski definition) is 18. The second kappa shape index (κ2) is 15.6. The van der Waals surface area contributed by atoms with Gasteiger partial charge in [0.2, 0.25) is 6.29 Å². The largest absolute Gasteiger partial charge is 0.432 e. The van der Waals surface area contributed by atoms with Gasteiger partial charge in [0, 0.05) is 0 Å². The first-order valence-corrected chi connectivity index (χ1v) is 19.9. The Morgan fingerprint density at radius 1 is 0.679 bits per heavy atom. The van der Waals surface area contributed by atoms with Crippen LogP contribution >= 0.6 is 0 Å². The second-order valence-electron chi connectivity index (χ2n) is 18.0. The van der Waals surface area contributed by atoms with Crippen molar-refractivity contribution in [3.8, 4) is 0 Å². The normalized spacial score (nSPS) is 54.6. The number of carbonyl (C=O) groups excluding carboxylic acids is 1. The lowest BCUT2D eigenvalue weighted by atomic mass is 9.41. The summed E-state index contributed by atoms with van der Waals surface area (Å²) in [6, 6.07) is 0. The van der Waals surface area contributed by atoms with Crippen molar-refractivity contribution >= 4 is 5.97 Å². The van der Waals surface area contributed by atoms with E-state index in [0.717, 1.165) is 24.8 Å². The van der Waals surface area contributed by atoms with Crippen molar-refractivity contribution in [2.75, 3.05) is 19.8 Å². The van der Waals surface area contributed by atoms with Gasteiger partial charge in [-0.15, -0.1) is 0 Å². The van der Waals surface area contributed by atoms with Crippen LogP contribution in [0.3, 0.4) is 0 Å². The van der Waals surface area contributed by atoms with E-state index in [-0.39, 0.29) is 22.7 Å². The zero-order valence-corrected chi connectivity index (χ0v) is 31.8. The van der Waals surface area contributed by atoms with E-state index in [1.165, 1.54) is 0 Å². The molecule has 0 aromatic rings. The number of fused-ring (bicyclic) bond motifs is 3. The van der Waals surface area contributed by atoms with Crippen LogP contribution in [0.5, 0.6) is 0 Å². The molecule has 18 nitrogen and oxygen atoms in total. The van der Waals surface area contributed by atoms with E-state index in [1.807, 2.05) is 6.92 Å². The summed E-state index contributed by atoms with van der Waals surface area (Å²) in [4.78, 5) is 14.1. The number of rotatable bonds is 9. The van der Waals surface area contributed by atoms with Gasteiger partial charge in [0.15, 0.2) is 12.6 Å². The number of carbonyl (C=O) groups is 1. The highest BCUT2D eigenvalue weighted by Crippen LogP contribution is 2.73. The molecule has 21 atom stereocenters. The van der Waals surface area contributed by atoms with Crippen molar-refractivity contribution in [1.82, 2.24) is 0 Å². The molecule has 56 heavy (non-hydrogen) atoms. The molecule has 0 radical (unpaired) electrons. The summed E-state index contributed by atoms with van der Waals surface area (Å²) >= 11 is 0. The molecular weight excluding hydrogens is 744 g/mol. The Morgan fingerprint density at radius 3 is 1.86 bits per heavy atom. The molecule has 4 saturated carbocycles. The summed E-state index contributed by atoms with van der Waals surface area (Å²) in [5.74, 6) is -0.537. The van der Waals surface area contributed by atoms with Crippen molar-refractivity contribution in [1.29, 1.82) is 0 Å². The van der Waals surface area contributed by atoms with E-state index < -0.39 is 129 Å². The Morgan fingerprint density at radius 2 is 1.23 bits per heavy atom. The average molecular weight is 805 g/mol. The molecule has 3 saturated heterocycles. The predicted octanol–water partition coefficient (Wildman–Crippen LogP) is -2.94. The van der Waals surface area contributed by atoms with Crippen LogP contribution in [0, 0.1) is 28.1 Å². The van der Waals surface area contributed by atoms with Gasteiger partial charge in [0.25, 0.3) is 0 Å². The molecule has 1 spiro atoms. The molecule has 3 heterocycles. The number of ether oxygens (including phenoxy) is 6. The highest BCUT2D eigenvalue weighted by Gasteiger charge is 2.69. The van der Waals surface area contributed by atoms with Crippen LogP contribution < -0.4 is 0 Å². The lowest BCUT2D eigenvalue weighted by Gasteiger charge is -2.64. The Hall–Kier alpha value is -1.43. The van der Waals surface area contributed by atoms with Crippen LogP contribution in [0.1, 0.15) is 71.6 Å². The van der Waals surface area contributed by atoms with Crippen LogP contribution in [0.15, 0.2) is 12.2 Å². The van der Waals surface area contributed by atoms with E-state index in [1.54, 1.807) is 0 Å².